The summed E-state index contributed by atoms with van der Waals surface area (Å²) >= 11 is 0. The van der Waals surface area contributed by atoms with E-state index in [1.165, 1.54) is 0 Å². The fourth-order valence-electron chi connectivity index (χ4n) is 1.99. The summed E-state index contributed by atoms with van der Waals surface area (Å²) in [6.07, 6.45) is -0.827. The highest BCUT2D eigenvalue weighted by Gasteiger charge is 2.41. The summed E-state index contributed by atoms with van der Waals surface area (Å²) in [6, 6.07) is 0. The Morgan fingerprint density at radius 3 is 2.14 bits per heavy atom. The Morgan fingerprint density at radius 1 is 1.14 bits per heavy atom. The van der Waals surface area contributed by atoms with E-state index in [1.807, 2.05) is 13.8 Å². The van der Waals surface area contributed by atoms with Gasteiger partial charge >= 0.3 is 17.9 Å². The van der Waals surface area contributed by atoms with Crippen LogP contribution in [0.3, 0.4) is 0 Å². The maximum absolute atomic E-state index is 11.6. The molecule has 0 saturated heterocycles. The first-order valence-corrected chi connectivity index (χ1v) is 7.17. The van der Waals surface area contributed by atoms with Gasteiger partial charge in [0.2, 0.25) is 0 Å². The van der Waals surface area contributed by atoms with Gasteiger partial charge < -0.3 is 25.2 Å². The van der Waals surface area contributed by atoms with Crippen molar-refractivity contribution in [1.82, 2.24) is 0 Å². The van der Waals surface area contributed by atoms with Gasteiger partial charge in [0.25, 0.3) is 0 Å². The van der Waals surface area contributed by atoms with E-state index in [-0.39, 0.29) is 12.5 Å². The molecule has 128 valence electrons. The molecule has 3 unspecified atom stereocenters. The SMILES string of the molecule is CCCC(O)C(CC)COC(=O)CC(O)(CC(=O)O)C(=O)O. The quantitative estimate of drug-likeness (QED) is 0.401. The monoisotopic (exact) mass is 320 g/mol. The van der Waals surface area contributed by atoms with Gasteiger partial charge in [0.15, 0.2) is 5.60 Å². The van der Waals surface area contributed by atoms with E-state index < -0.39 is 42.5 Å². The Hall–Kier alpha value is -1.67. The first-order chi connectivity index (χ1) is 10.2. The molecule has 8 heteroatoms. The number of carbonyl (C=O) groups excluding carboxylic acids is 1. The molecular formula is C14H24O8. The molecular weight excluding hydrogens is 296 g/mol. The summed E-state index contributed by atoms with van der Waals surface area (Å²) < 4.78 is 4.87. The molecule has 0 aliphatic carbocycles. The summed E-state index contributed by atoms with van der Waals surface area (Å²) in [6.45, 7) is 3.61. The second-order valence-electron chi connectivity index (χ2n) is 5.29. The van der Waals surface area contributed by atoms with Gasteiger partial charge in [0, 0.05) is 5.92 Å². The molecule has 0 aliphatic heterocycles. The zero-order valence-electron chi connectivity index (χ0n) is 12.8. The van der Waals surface area contributed by atoms with E-state index in [1.54, 1.807) is 0 Å². The van der Waals surface area contributed by atoms with Crippen LogP contribution in [0.1, 0.15) is 46.0 Å². The van der Waals surface area contributed by atoms with E-state index in [0.29, 0.717) is 12.8 Å². The third-order valence-corrected chi connectivity index (χ3v) is 3.39. The standard InChI is InChI=1S/C14H24O8/c1-3-5-10(15)9(4-2)8-22-12(18)7-14(21,13(19)20)6-11(16)17/h9-10,15,21H,3-8H2,1-2H3,(H,16,17)(H,19,20). The van der Waals surface area contributed by atoms with Gasteiger partial charge in [0.05, 0.1) is 25.6 Å². The minimum atomic E-state index is -2.70. The molecule has 0 aromatic heterocycles. The highest BCUT2D eigenvalue weighted by atomic mass is 16.5. The van der Waals surface area contributed by atoms with Crippen molar-refractivity contribution in [3.05, 3.63) is 0 Å². The number of esters is 1. The van der Waals surface area contributed by atoms with Crippen LogP contribution in [0.15, 0.2) is 0 Å². The fourth-order valence-corrected chi connectivity index (χ4v) is 1.99. The zero-order valence-corrected chi connectivity index (χ0v) is 12.8. The zero-order chi connectivity index (χ0) is 17.3. The molecule has 0 aromatic rings. The van der Waals surface area contributed by atoms with Crippen molar-refractivity contribution < 1.29 is 39.5 Å². The van der Waals surface area contributed by atoms with Gasteiger partial charge in [-0.15, -0.1) is 0 Å². The number of hydrogen-bond acceptors (Lipinski definition) is 6. The molecule has 0 bridgehead atoms. The molecule has 0 fully saturated rings. The van der Waals surface area contributed by atoms with Crippen LogP contribution in [0.4, 0.5) is 0 Å². The highest BCUT2D eigenvalue weighted by Crippen LogP contribution is 2.19. The molecule has 0 rings (SSSR count). The molecule has 0 heterocycles. The lowest BCUT2D eigenvalue weighted by Gasteiger charge is -2.23. The minimum Gasteiger partial charge on any atom is -0.481 e. The number of rotatable bonds is 11. The molecule has 0 aromatic carbocycles. The van der Waals surface area contributed by atoms with Gasteiger partial charge in [-0.25, -0.2) is 4.79 Å². The van der Waals surface area contributed by atoms with Gasteiger partial charge in [-0.1, -0.05) is 20.3 Å². The average Bonchev–Trinajstić information content (AvgIpc) is 2.38. The normalized spacial score (nSPS) is 16.4. The lowest BCUT2D eigenvalue weighted by atomic mass is 9.95. The van der Waals surface area contributed by atoms with Crippen LogP contribution in [-0.4, -0.2) is 56.6 Å². The molecule has 0 saturated carbocycles. The minimum absolute atomic E-state index is 0.112. The maximum Gasteiger partial charge on any atom is 0.336 e. The third-order valence-electron chi connectivity index (χ3n) is 3.39. The first-order valence-electron chi connectivity index (χ1n) is 7.17. The van der Waals surface area contributed by atoms with Crippen LogP contribution in [0, 0.1) is 5.92 Å². The summed E-state index contributed by atoms with van der Waals surface area (Å²) in [7, 11) is 0. The van der Waals surface area contributed by atoms with Crippen LogP contribution in [0.2, 0.25) is 0 Å². The van der Waals surface area contributed by atoms with Crippen LogP contribution < -0.4 is 0 Å². The number of carbonyl (C=O) groups is 3. The topological polar surface area (TPSA) is 141 Å². The fraction of sp³-hybridized carbons (Fsp3) is 0.786. The second kappa shape index (κ2) is 9.37. The first kappa shape index (κ1) is 20.3. The molecule has 22 heavy (non-hydrogen) atoms. The Morgan fingerprint density at radius 2 is 1.73 bits per heavy atom. The molecule has 0 spiro atoms. The van der Waals surface area contributed by atoms with Crippen LogP contribution in [0.5, 0.6) is 0 Å². The number of carboxylic acids is 2. The molecule has 0 aliphatic rings. The van der Waals surface area contributed by atoms with Crippen molar-refractivity contribution in [2.45, 2.75) is 57.7 Å². The van der Waals surface area contributed by atoms with E-state index in [0.717, 1.165) is 6.42 Å². The second-order valence-corrected chi connectivity index (χ2v) is 5.29. The Bertz CT molecular complexity index is 394. The van der Waals surface area contributed by atoms with Crippen LogP contribution >= 0.6 is 0 Å². The molecule has 0 amide bonds. The summed E-state index contributed by atoms with van der Waals surface area (Å²) in [5.74, 6) is -4.65. The summed E-state index contributed by atoms with van der Waals surface area (Å²) in [4.78, 5) is 33.1. The number of hydrogen-bond donors (Lipinski definition) is 4. The van der Waals surface area contributed by atoms with Gasteiger partial charge in [-0.05, 0) is 12.8 Å². The predicted octanol–water partition coefficient (Wildman–Crippen LogP) is 0.397. The van der Waals surface area contributed by atoms with E-state index in [9.17, 15) is 24.6 Å². The predicted molar refractivity (Wildman–Crippen MR) is 75.1 cm³/mol. The molecule has 8 nitrogen and oxygen atoms in total. The highest BCUT2D eigenvalue weighted by molar-refractivity contribution is 5.88. The summed E-state index contributed by atoms with van der Waals surface area (Å²) in [5.41, 5.74) is -2.70. The largest absolute Gasteiger partial charge is 0.481 e. The Kier molecular flexibility index (Phi) is 8.66. The number of aliphatic hydroxyl groups is 2. The molecule has 3 atom stereocenters. The average molecular weight is 320 g/mol. The summed E-state index contributed by atoms with van der Waals surface area (Å²) in [5, 5.41) is 37.0. The molecule has 0 radical (unpaired) electrons. The van der Waals surface area contributed by atoms with E-state index >= 15 is 0 Å². The van der Waals surface area contributed by atoms with Crippen LogP contribution in [0.25, 0.3) is 0 Å². The van der Waals surface area contributed by atoms with Crippen molar-refractivity contribution in [2.24, 2.45) is 5.92 Å². The van der Waals surface area contributed by atoms with Crippen molar-refractivity contribution >= 4 is 17.9 Å². The molecule has 4 N–H and O–H groups in total. The number of aliphatic carboxylic acids is 2. The smallest absolute Gasteiger partial charge is 0.336 e. The maximum atomic E-state index is 11.6. The van der Waals surface area contributed by atoms with Gasteiger partial charge in [-0.3, -0.25) is 9.59 Å². The van der Waals surface area contributed by atoms with Gasteiger partial charge in [-0.2, -0.15) is 0 Å². The van der Waals surface area contributed by atoms with Crippen molar-refractivity contribution in [3.8, 4) is 0 Å². The lowest BCUT2D eigenvalue weighted by molar-refractivity contribution is -0.172. The number of carboxylic acid groups (broad SMARTS) is 2. The van der Waals surface area contributed by atoms with Crippen molar-refractivity contribution in [3.63, 3.8) is 0 Å². The van der Waals surface area contributed by atoms with Crippen molar-refractivity contribution in [2.75, 3.05) is 6.61 Å². The number of aliphatic hydroxyl groups excluding tert-OH is 1. The van der Waals surface area contributed by atoms with E-state index in [4.69, 9.17) is 14.9 Å². The van der Waals surface area contributed by atoms with Crippen molar-refractivity contribution in [1.29, 1.82) is 0 Å². The number of ether oxygens (including phenoxy) is 1. The Balaban J connectivity index is 4.58. The lowest BCUT2D eigenvalue weighted by Crippen LogP contribution is -2.43. The third kappa shape index (κ3) is 6.86. The van der Waals surface area contributed by atoms with Gasteiger partial charge in [0.1, 0.15) is 0 Å². The van der Waals surface area contributed by atoms with E-state index in [2.05, 4.69) is 0 Å². The van der Waals surface area contributed by atoms with Crippen LogP contribution in [-0.2, 0) is 19.1 Å². The Labute approximate surface area is 128 Å².